The number of piperazine rings is 1. The Balaban J connectivity index is 2.07. The molecule has 1 aliphatic rings. The van der Waals surface area contributed by atoms with Gasteiger partial charge in [-0.05, 0) is 23.6 Å². The van der Waals surface area contributed by atoms with E-state index >= 15 is 0 Å². The lowest BCUT2D eigenvalue weighted by atomic mass is 10.0. The molecule has 1 aliphatic heterocycles. The molecule has 0 spiro atoms. The summed E-state index contributed by atoms with van der Waals surface area (Å²) in [6, 6.07) is 7.33. The molecule has 1 fully saturated rings. The van der Waals surface area contributed by atoms with Gasteiger partial charge in [0.25, 0.3) is 0 Å². The van der Waals surface area contributed by atoms with Crippen molar-refractivity contribution in [2.24, 2.45) is 0 Å². The molecular weight excluding hydrogens is 327 g/mol. The number of rotatable bonds is 3. The SMILES string of the molecule is Oc1cc(Cl)cc(Cl)c1[C@@H](c1cccs1)N1CCNCC1. The number of benzene rings is 1. The van der Waals surface area contributed by atoms with Crippen LogP contribution in [0.1, 0.15) is 16.5 Å². The van der Waals surface area contributed by atoms with Crippen LogP contribution in [0.5, 0.6) is 5.75 Å². The van der Waals surface area contributed by atoms with Crippen LogP contribution in [0.2, 0.25) is 10.0 Å². The van der Waals surface area contributed by atoms with Crippen molar-refractivity contribution in [3.63, 3.8) is 0 Å². The standard InChI is InChI=1S/C15H16Cl2N2OS/c16-10-8-11(17)14(12(20)9-10)15(13-2-1-7-21-13)19-5-3-18-4-6-19/h1-2,7-9,15,18,20H,3-6H2/t15-/m1/s1. The highest BCUT2D eigenvalue weighted by Crippen LogP contribution is 2.42. The molecule has 3 rings (SSSR count). The molecule has 112 valence electrons. The molecule has 0 saturated carbocycles. The lowest BCUT2D eigenvalue weighted by Gasteiger charge is -2.35. The van der Waals surface area contributed by atoms with Crippen molar-refractivity contribution >= 4 is 34.5 Å². The molecule has 0 amide bonds. The number of halogens is 2. The number of thiophene rings is 1. The minimum absolute atomic E-state index is 0.0307. The molecular formula is C15H16Cl2N2OS. The molecule has 21 heavy (non-hydrogen) atoms. The molecule has 1 saturated heterocycles. The number of nitrogens with zero attached hydrogens (tertiary/aromatic N) is 1. The maximum atomic E-state index is 10.4. The second-order valence-corrected chi connectivity index (χ2v) is 6.85. The van der Waals surface area contributed by atoms with Crippen LogP contribution in [-0.4, -0.2) is 36.2 Å². The van der Waals surface area contributed by atoms with Crippen LogP contribution >= 0.6 is 34.5 Å². The fourth-order valence-electron chi connectivity index (χ4n) is 2.73. The van der Waals surface area contributed by atoms with Crippen LogP contribution in [0.25, 0.3) is 0 Å². The van der Waals surface area contributed by atoms with E-state index in [1.54, 1.807) is 23.5 Å². The molecule has 2 aromatic rings. The van der Waals surface area contributed by atoms with Gasteiger partial charge in [-0.1, -0.05) is 29.3 Å². The first-order valence-electron chi connectivity index (χ1n) is 6.83. The van der Waals surface area contributed by atoms with Crippen LogP contribution < -0.4 is 5.32 Å². The Morgan fingerprint density at radius 3 is 2.62 bits per heavy atom. The summed E-state index contributed by atoms with van der Waals surface area (Å²) in [5.41, 5.74) is 0.741. The third-order valence-electron chi connectivity index (χ3n) is 3.68. The van der Waals surface area contributed by atoms with E-state index < -0.39 is 0 Å². The van der Waals surface area contributed by atoms with Crippen LogP contribution in [0, 0.1) is 0 Å². The highest BCUT2D eigenvalue weighted by Gasteiger charge is 2.29. The first-order valence-corrected chi connectivity index (χ1v) is 8.46. The molecule has 1 aromatic carbocycles. The normalized spacial score (nSPS) is 17.8. The molecule has 0 bridgehead atoms. The summed E-state index contributed by atoms with van der Waals surface area (Å²) in [5.74, 6) is 0.157. The molecule has 6 heteroatoms. The maximum absolute atomic E-state index is 10.4. The molecule has 0 unspecified atom stereocenters. The first kappa shape index (κ1) is 15.1. The Kier molecular flexibility index (Phi) is 4.72. The minimum Gasteiger partial charge on any atom is -0.507 e. The average molecular weight is 343 g/mol. The second-order valence-electron chi connectivity index (χ2n) is 5.02. The van der Waals surface area contributed by atoms with Gasteiger partial charge in [-0.3, -0.25) is 4.90 Å². The van der Waals surface area contributed by atoms with Gasteiger partial charge in [0, 0.05) is 41.6 Å². The van der Waals surface area contributed by atoms with E-state index in [4.69, 9.17) is 23.2 Å². The maximum Gasteiger partial charge on any atom is 0.123 e. The third-order valence-corrected chi connectivity index (χ3v) is 5.13. The van der Waals surface area contributed by atoms with Gasteiger partial charge >= 0.3 is 0 Å². The minimum atomic E-state index is -0.0307. The summed E-state index contributed by atoms with van der Waals surface area (Å²) in [5, 5.41) is 16.7. The number of aromatic hydroxyl groups is 1. The van der Waals surface area contributed by atoms with Crippen molar-refractivity contribution in [2.45, 2.75) is 6.04 Å². The van der Waals surface area contributed by atoms with E-state index in [1.807, 2.05) is 11.4 Å². The molecule has 0 radical (unpaired) electrons. The Hall–Kier alpha value is -0.780. The van der Waals surface area contributed by atoms with Crippen LogP contribution in [0.4, 0.5) is 0 Å². The Morgan fingerprint density at radius 2 is 2.00 bits per heavy atom. The van der Waals surface area contributed by atoms with E-state index in [9.17, 15) is 5.11 Å². The van der Waals surface area contributed by atoms with Crippen molar-refractivity contribution in [3.05, 3.63) is 50.1 Å². The highest BCUT2D eigenvalue weighted by molar-refractivity contribution is 7.10. The summed E-state index contributed by atoms with van der Waals surface area (Å²) in [4.78, 5) is 3.52. The molecule has 2 N–H and O–H groups in total. The van der Waals surface area contributed by atoms with Crippen LogP contribution in [-0.2, 0) is 0 Å². The second kappa shape index (κ2) is 6.55. The van der Waals surface area contributed by atoms with Crippen molar-refractivity contribution < 1.29 is 5.11 Å². The topological polar surface area (TPSA) is 35.5 Å². The molecule has 0 aliphatic carbocycles. The Morgan fingerprint density at radius 1 is 1.24 bits per heavy atom. The first-order chi connectivity index (χ1) is 10.2. The quantitative estimate of drug-likeness (QED) is 0.891. The van der Waals surface area contributed by atoms with Crippen molar-refractivity contribution in [2.75, 3.05) is 26.2 Å². The predicted octanol–water partition coefficient (Wildman–Crippen LogP) is 3.76. The number of phenols is 1. The number of phenolic OH excluding ortho intramolecular Hbond substituents is 1. The predicted molar refractivity (Wildman–Crippen MR) is 88.7 cm³/mol. The summed E-state index contributed by atoms with van der Waals surface area (Å²) >= 11 is 14.0. The summed E-state index contributed by atoms with van der Waals surface area (Å²) in [6.07, 6.45) is 0. The van der Waals surface area contributed by atoms with Crippen LogP contribution in [0.3, 0.4) is 0 Å². The van der Waals surface area contributed by atoms with E-state index in [1.165, 1.54) is 4.88 Å². The number of nitrogens with one attached hydrogen (secondary N) is 1. The fraction of sp³-hybridized carbons (Fsp3) is 0.333. The Bertz CT molecular complexity index is 589. The zero-order valence-corrected chi connectivity index (χ0v) is 13.7. The largest absolute Gasteiger partial charge is 0.507 e. The zero-order chi connectivity index (χ0) is 14.8. The van der Waals surface area contributed by atoms with Gasteiger partial charge < -0.3 is 10.4 Å². The van der Waals surface area contributed by atoms with Gasteiger partial charge in [0.1, 0.15) is 5.75 Å². The van der Waals surface area contributed by atoms with Gasteiger partial charge in [0.2, 0.25) is 0 Å². The lowest BCUT2D eigenvalue weighted by molar-refractivity contribution is 0.198. The zero-order valence-electron chi connectivity index (χ0n) is 11.4. The lowest BCUT2D eigenvalue weighted by Crippen LogP contribution is -2.45. The fourth-order valence-corrected chi connectivity index (χ4v) is 4.19. The molecule has 1 atom stereocenters. The van der Waals surface area contributed by atoms with Gasteiger partial charge in [0.05, 0.1) is 11.1 Å². The average Bonchev–Trinajstić information content (AvgIpc) is 2.97. The van der Waals surface area contributed by atoms with E-state index in [-0.39, 0.29) is 11.8 Å². The number of hydrogen-bond donors (Lipinski definition) is 2. The smallest absolute Gasteiger partial charge is 0.123 e. The third kappa shape index (κ3) is 3.20. The summed E-state index contributed by atoms with van der Waals surface area (Å²) in [7, 11) is 0. The van der Waals surface area contributed by atoms with E-state index in [0.29, 0.717) is 10.0 Å². The van der Waals surface area contributed by atoms with Gasteiger partial charge in [-0.2, -0.15) is 0 Å². The number of hydrogen-bond acceptors (Lipinski definition) is 4. The Labute approximate surface area is 138 Å². The van der Waals surface area contributed by atoms with Gasteiger partial charge in [0.15, 0.2) is 0 Å². The van der Waals surface area contributed by atoms with Crippen LogP contribution in [0.15, 0.2) is 29.6 Å². The van der Waals surface area contributed by atoms with E-state index in [0.717, 1.165) is 31.7 Å². The van der Waals surface area contributed by atoms with Crippen molar-refractivity contribution in [1.82, 2.24) is 10.2 Å². The van der Waals surface area contributed by atoms with Gasteiger partial charge in [-0.15, -0.1) is 11.3 Å². The molecule has 3 nitrogen and oxygen atoms in total. The highest BCUT2D eigenvalue weighted by atomic mass is 35.5. The van der Waals surface area contributed by atoms with Crippen molar-refractivity contribution in [1.29, 1.82) is 0 Å². The molecule has 1 aromatic heterocycles. The van der Waals surface area contributed by atoms with Crippen molar-refractivity contribution in [3.8, 4) is 5.75 Å². The summed E-state index contributed by atoms with van der Waals surface area (Å²) in [6.45, 7) is 3.71. The monoisotopic (exact) mass is 342 g/mol. The summed E-state index contributed by atoms with van der Waals surface area (Å²) < 4.78 is 0. The van der Waals surface area contributed by atoms with E-state index in [2.05, 4.69) is 16.3 Å². The molecule has 2 heterocycles. The van der Waals surface area contributed by atoms with Gasteiger partial charge in [-0.25, -0.2) is 0 Å².